The van der Waals surface area contributed by atoms with Crippen molar-refractivity contribution in [3.05, 3.63) is 212 Å². The van der Waals surface area contributed by atoms with Gasteiger partial charge in [0.15, 0.2) is 0 Å². The third-order valence-electron chi connectivity index (χ3n) is 10.6. The van der Waals surface area contributed by atoms with Crippen LogP contribution in [0.15, 0.2) is 212 Å². The van der Waals surface area contributed by atoms with E-state index in [-0.39, 0.29) is 0 Å². The molecule has 0 N–H and O–H groups in total. The highest BCUT2D eigenvalue weighted by molar-refractivity contribution is 6.23. The Bertz CT molecular complexity index is 2920. The van der Waals surface area contributed by atoms with E-state index in [1.165, 1.54) is 76.5 Å². The first-order valence-corrected chi connectivity index (χ1v) is 18.3. The van der Waals surface area contributed by atoms with Gasteiger partial charge in [-0.1, -0.05) is 170 Å². The average Bonchev–Trinajstić information content (AvgIpc) is 3.24. The van der Waals surface area contributed by atoms with Crippen LogP contribution >= 0.6 is 0 Å². The van der Waals surface area contributed by atoms with Crippen LogP contribution in [0.4, 0.5) is 17.1 Å². The van der Waals surface area contributed by atoms with Crippen molar-refractivity contribution < 1.29 is 0 Å². The lowest BCUT2D eigenvalue weighted by atomic mass is 9.90. The van der Waals surface area contributed by atoms with Crippen molar-refractivity contribution in [3.8, 4) is 33.4 Å². The quantitative estimate of drug-likeness (QED) is 0.159. The number of hydrogen-bond acceptors (Lipinski definition) is 1. The molecule has 53 heavy (non-hydrogen) atoms. The third-order valence-corrected chi connectivity index (χ3v) is 10.6. The summed E-state index contributed by atoms with van der Waals surface area (Å²) in [4.78, 5) is 2.38. The van der Waals surface area contributed by atoms with Crippen LogP contribution in [0, 0.1) is 0 Å². The Kier molecular flexibility index (Phi) is 7.55. The zero-order chi connectivity index (χ0) is 35.1. The third kappa shape index (κ3) is 5.51. The van der Waals surface area contributed by atoms with Gasteiger partial charge in [0.1, 0.15) is 0 Å². The Hall–Kier alpha value is -6.96. The van der Waals surface area contributed by atoms with Crippen LogP contribution in [0.1, 0.15) is 0 Å². The summed E-state index contributed by atoms with van der Waals surface area (Å²) in [5.74, 6) is 0. The Morgan fingerprint density at radius 1 is 0.245 bits per heavy atom. The second-order valence-electron chi connectivity index (χ2n) is 13.7. The number of benzene rings is 10. The Morgan fingerprint density at radius 2 is 0.792 bits per heavy atom. The van der Waals surface area contributed by atoms with Gasteiger partial charge in [0, 0.05) is 17.1 Å². The van der Waals surface area contributed by atoms with Gasteiger partial charge in [-0.3, -0.25) is 0 Å². The second-order valence-corrected chi connectivity index (χ2v) is 13.7. The lowest BCUT2D eigenvalue weighted by Crippen LogP contribution is -2.10. The van der Waals surface area contributed by atoms with E-state index in [1.54, 1.807) is 0 Å². The van der Waals surface area contributed by atoms with Crippen LogP contribution in [0.25, 0.3) is 76.5 Å². The number of anilines is 3. The monoisotopic (exact) mass is 673 g/mol. The van der Waals surface area contributed by atoms with Crippen molar-refractivity contribution in [1.82, 2.24) is 0 Å². The van der Waals surface area contributed by atoms with Crippen molar-refractivity contribution in [3.63, 3.8) is 0 Å². The highest BCUT2D eigenvalue weighted by Gasteiger charge is 2.17. The molecule has 0 unspecified atom stereocenters. The first kappa shape index (κ1) is 30.8. The molecule has 248 valence electrons. The lowest BCUT2D eigenvalue weighted by molar-refractivity contribution is 1.28. The molecule has 10 rings (SSSR count). The summed E-state index contributed by atoms with van der Waals surface area (Å²) in [7, 11) is 0. The van der Waals surface area contributed by atoms with Gasteiger partial charge in [-0.25, -0.2) is 0 Å². The first-order valence-electron chi connectivity index (χ1n) is 18.3. The average molecular weight is 674 g/mol. The zero-order valence-corrected chi connectivity index (χ0v) is 29.2. The molecule has 1 nitrogen and oxygen atoms in total. The van der Waals surface area contributed by atoms with Crippen LogP contribution in [0.2, 0.25) is 0 Å². The van der Waals surface area contributed by atoms with Crippen LogP contribution < -0.4 is 4.90 Å². The van der Waals surface area contributed by atoms with E-state index in [2.05, 4.69) is 217 Å². The molecule has 0 aliphatic carbocycles. The van der Waals surface area contributed by atoms with Gasteiger partial charge in [0.2, 0.25) is 0 Å². The maximum absolute atomic E-state index is 2.38. The summed E-state index contributed by atoms with van der Waals surface area (Å²) in [5.41, 5.74) is 10.6. The van der Waals surface area contributed by atoms with E-state index < -0.39 is 0 Å². The molecule has 0 spiro atoms. The predicted octanol–water partition coefficient (Wildman–Crippen LogP) is 14.8. The van der Waals surface area contributed by atoms with E-state index in [1.807, 2.05) is 0 Å². The van der Waals surface area contributed by atoms with Gasteiger partial charge in [0.25, 0.3) is 0 Å². The summed E-state index contributed by atoms with van der Waals surface area (Å²) in [6.45, 7) is 0. The molecule has 0 aliphatic rings. The fraction of sp³-hybridized carbons (Fsp3) is 0. The number of hydrogen-bond donors (Lipinski definition) is 0. The van der Waals surface area contributed by atoms with Gasteiger partial charge in [0.05, 0.1) is 0 Å². The largest absolute Gasteiger partial charge is 0.310 e. The van der Waals surface area contributed by atoms with E-state index >= 15 is 0 Å². The second kappa shape index (κ2) is 13.0. The molecule has 0 aliphatic heterocycles. The van der Waals surface area contributed by atoms with Crippen molar-refractivity contribution >= 4 is 60.2 Å². The summed E-state index contributed by atoms with van der Waals surface area (Å²) in [6.07, 6.45) is 0. The molecule has 0 heterocycles. The van der Waals surface area contributed by atoms with E-state index in [0.717, 1.165) is 17.1 Å². The number of fused-ring (bicyclic) bond motifs is 6. The molecule has 0 fully saturated rings. The van der Waals surface area contributed by atoms with Crippen LogP contribution in [0.3, 0.4) is 0 Å². The van der Waals surface area contributed by atoms with Crippen LogP contribution in [-0.4, -0.2) is 0 Å². The van der Waals surface area contributed by atoms with Crippen molar-refractivity contribution in [1.29, 1.82) is 0 Å². The van der Waals surface area contributed by atoms with Crippen molar-refractivity contribution in [2.75, 3.05) is 4.90 Å². The first-order chi connectivity index (χ1) is 26.3. The predicted molar refractivity (Wildman–Crippen MR) is 227 cm³/mol. The molecule has 0 atom stereocenters. The van der Waals surface area contributed by atoms with Gasteiger partial charge in [-0.2, -0.15) is 0 Å². The molecular weight excluding hydrogens is 639 g/mol. The smallest absolute Gasteiger partial charge is 0.0467 e. The fourth-order valence-electron chi connectivity index (χ4n) is 8.07. The zero-order valence-electron chi connectivity index (χ0n) is 29.2. The highest BCUT2D eigenvalue weighted by atomic mass is 15.1. The summed E-state index contributed by atoms with van der Waals surface area (Å²) < 4.78 is 0. The van der Waals surface area contributed by atoms with Crippen LogP contribution in [-0.2, 0) is 0 Å². The molecule has 0 aromatic heterocycles. The molecule has 10 aromatic carbocycles. The molecule has 0 saturated carbocycles. The van der Waals surface area contributed by atoms with Gasteiger partial charge in [-0.05, 0) is 119 Å². The molecule has 0 bridgehead atoms. The summed E-state index contributed by atoms with van der Waals surface area (Å²) >= 11 is 0. The Morgan fingerprint density at radius 3 is 1.55 bits per heavy atom. The van der Waals surface area contributed by atoms with Gasteiger partial charge in [-0.15, -0.1) is 0 Å². The standard InChI is InChI=1S/C52H35N/c1-2-12-36(13-3-1)37-24-29-43(30-25-37)53(45-19-10-18-41(34-45)47-23-11-17-38-14-4-7-20-46(38)47)44-31-26-40(27-32-44)51-35-42-16-6-8-21-48(42)50-33-28-39-15-5-9-22-49(39)52(50)51/h1-35H. The molecular formula is C52H35N. The van der Waals surface area contributed by atoms with Crippen molar-refractivity contribution in [2.24, 2.45) is 0 Å². The van der Waals surface area contributed by atoms with E-state index in [0.29, 0.717) is 0 Å². The number of nitrogens with zero attached hydrogens (tertiary/aromatic N) is 1. The van der Waals surface area contributed by atoms with E-state index in [4.69, 9.17) is 0 Å². The Balaban J connectivity index is 1.13. The minimum Gasteiger partial charge on any atom is -0.310 e. The lowest BCUT2D eigenvalue weighted by Gasteiger charge is -2.26. The molecule has 0 radical (unpaired) electrons. The maximum Gasteiger partial charge on any atom is 0.0467 e. The summed E-state index contributed by atoms with van der Waals surface area (Å²) in [6, 6.07) is 77.2. The maximum atomic E-state index is 2.38. The fourth-order valence-corrected chi connectivity index (χ4v) is 8.07. The minimum atomic E-state index is 1.10. The normalized spacial score (nSPS) is 11.4. The SMILES string of the molecule is c1ccc(-c2ccc(N(c3ccc(-c4cc5ccccc5c5ccc6ccccc6c45)cc3)c3cccc(-c4cccc5ccccc45)c3)cc2)cc1. The van der Waals surface area contributed by atoms with E-state index in [9.17, 15) is 0 Å². The van der Waals surface area contributed by atoms with Crippen LogP contribution in [0.5, 0.6) is 0 Å². The molecule has 0 amide bonds. The van der Waals surface area contributed by atoms with Crippen molar-refractivity contribution in [2.45, 2.75) is 0 Å². The molecule has 1 heteroatoms. The summed E-state index contributed by atoms with van der Waals surface area (Å²) in [5, 5.41) is 10.1. The van der Waals surface area contributed by atoms with Gasteiger partial charge < -0.3 is 4.90 Å². The number of rotatable bonds is 6. The molecule has 0 saturated heterocycles. The highest BCUT2D eigenvalue weighted by Crippen LogP contribution is 2.42. The molecule has 10 aromatic rings. The van der Waals surface area contributed by atoms with Gasteiger partial charge >= 0.3 is 0 Å². The Labute approximate surface area is 309 Å². The minimum absolute atomic E-state index is 1.10. The topological polar surface area (TPSA) is 3.24 Å².